The summed E-state index contributed by atoms with van der Waals surface area (Å²) in [7, 11) is 3.25. The number of nitrogens with zero attached hydrogens (tertiary/aromatic N) is 1. The van der Waals surface area contributed by atoms with Crippen LogP contribution in [0.25, 0.3) is 5.57 Å². The van der Waals surface area contributed by atoms with Gasteiger partial charge in [0.15, 0.2) is 0 Å². The molecular weight excluding hydrogens is 330 g/mol. The minimum Gasteiger partial charge on any atom is -0.633 e. The molecule has 0 unspecified atom stereocenters. The highest BCUT2D eigenvalue weighted by molar-refractivity contribution is 5.84. The first kappa shape index (κ1) is 19.7. The monoisotopic (exact) mass is 355 g/mol. The SMILES string of the molecule is C=C1c2ccccc2COc2ccc(CC(=O)O)cc21.CC[N+](C)(C)[O-]. The van der Waals surface area contributed by atoms with Crippen LogP contribution in [-0.2, 0) is 17.8 Å². The molecule has 1 N–H and O–H groups in total. The molecule has 0 atom stereocenters. The number of fused-ring (bicyclic) bond motifs is 2. The Balaban J connectivity index is 0.000000352. The van der Waals surface area contributed by atoms with Gasteiger partial charge >= 0.3 is 5.97 Å². The lowest BCUT2D eigenvalue weighted by Crippen LogP contribution is -2.31. The predicted octanol–water partition coefficient (Wildman–Crippen LogP) is 3.85. The zero-order chi connectivity index (χ0) is 19.3. The van der Waals surface area contributed by atoms with Crippen LogP contribution in [0.5, 0.6) is 5.75 Å². The van der Waals surface area contributed by atoms with E-state index in [1.807, 2.05) is 43.3 Å². The molecular formula is C21H25NO4. The van der Waals surface area contributed by atoms with E-state index in [1.54, 1.807) is 20.2 Å². The van der Waals surface area contributed by atoms with Crippen LogP contribution in [0.1, 0.15) is 29.2 Å². The van der Waals surface area contributed by atoms with Crippen molar-refractivity contribution < 1.29 is 19.3 Å². The highest BCUT2D eigenvalue weighted by Gasteiger charge is 2.18. The zero-order valence-electron chi connectivity index (χ0n) is 15.5. The second-order valence-electron chi connectivity index (χ2n) is 6.72. The van der Waals surface area contributed by atoms with E-state index in [4.69, 9.17) is 9.84 Å². The Morgan fingerprint density at radius 3 is 2.50 bits per heavy atom. The Kier molecular flexibility index (Phi) is 6.18. The van der Waals surface area contributed by atoms with Crippen molar-refractivity contribution in [3.8, 4) is 5.75 Å². The van der Waals surface area contributed by atoms with E-state index in [1.165, 1.54) is 0 Å². The topological polar surface area (TPSA) is 69.6 Å². The zero-order valence-corrected chi connectivity index (χ0v) is 15.5. The van der Waals surface area contributed by atoms with Crippen LogP contribution in [0.4, 0.5) is 0 Å². The summed E-state index contributed by atoms with van der Waals surface area (Å²) in [4.78, 5) is 10.8. The molecule has 5 nitrogen and oxygen atoms in total. The van der Waals surface area contributed by atoms with Crippen LogP contribution in [0.3, 0.4) is 0 Å². The number of carboxylic acids is 1. The van der Waals surface area contributed by atoms with Gasteiger partial charge in [-0.1, -0.05) is 36.9 Å². The van der Waals surface area contributed by atoms with E-state index in [9.17, 15) is 10.0 Å². The number of rotatable bonds is 3. The Morgan fingerprint density at radius 2 is 1.88 bits per heavy atom. The quantitative estimate of drug-likeness (QED) is 0.671. The summed E-state index contributed by atoms with van der Waals surface area (Å²) in [6.45, 7) is 7.17. The van der Waals surface area contributed by atoms with Crippen molar-refractivity contribution in [2.45, 2.75) is 20.0 Å². The average Bonchev–Trinajstić information content (AvgIpc) is 2.72. The van der Waals surface area contributed by atoms with Gasteiger partial charge in [-0.05, 0) is 41.3 Å². The summed E-state index contributed by atoms with van der Waals surface area (Å²) in [5, 5.41) is 19.3. The molecule has 2 aromatic rings. The number of hydrogen-bond donors (Lipinski definition) is 1. The van der Waals surface area contributed by atoms with Crippen LogP contribution in [-0.4, -0.2) is 36.4 Å². The number of quaternary nitrogens is 1. The lowest BCUT2D eigenvalue weighted by Gasteiger charge is -2.31. The van der Waals surface area contributed by atoms with Crippen molar-refractivity contribution in [3.63, 3.8) is 0 Å². The Morgan fingerprint density at radius 1 is 1.23 bits per heavy atom. The number of aliphatic carboxylic acids is 1. The number of hydroxylamine groups is 3. The fraction of sp³-hybridized carbons (Fsp3) is 0.286. The molecule has 1 aliphatic rings. The average molecular weight is 355 g/mol. The van der Waals surface area contributed by atoms with Crippen LogP contribution in [0, 0.1) is 5.21 Å². The largest absolute Gasteiger partial charge is 0.633 e. The van der Waals surface area contributed by atoms with Gasteiger partial charge in [0.25, 0.3) is 0 Å². The van der Waals surface area contributed by atoms with Gasteiger partial charge < -0.3 is 19.7 Å². The molecule has 138 valence electrons. The van der Waals surface area contributed by atoms with E-state index in [0.717, 1.165) is 33.6 Å². The maximum Gasteiger partial charge on any atom is 0.307 e. The first-order valence-electron chi connectivity index (χ1n) is 8.50. The standard InChI is InChI=1S/C17H14O3.C4H11NO/c1-11-14-5-3-2-4-13(14)10-20-16-7-6-12(8-15(11)16)9-17(18)19;1-4-5(2,3)6/h2-8H,1,9-10H2,(H,18,19);4H2,1-3H3. The van der Waals surface area contributed by atoms with E-state index < -0.39 is 5.97 Å². The number of carboxylic acid groups (broad SMARTS) is 1. The Bertz CT molecular complexity index is 806. The first-order chi connectivity index (χ1) is 12.2. The van der Waals surface area contributed by atoms with Gasteiger partial charge in [-0.15, -0.1) is 0 Å². The molecule has 0 saturated heterocycles. The molecule has 0 aromatic heterocycles. The third kappa shape index (κ3) is 5.18. The Hall–Kier alpha value is -2.63. The normalized spacial score (nSPS) is 12.7. The molecule has 0 fully saturated rings. The van der Waals surface area contributed by atoms with E-state index >= 15 is 0 Å². The first-order valence-corrected chi connectivity index (χ1v) is 8.50. The highest BCUT2D eigenvalue weighted by atomic mass is 16.5. The Labute approximate surface area is 154 Å². The fourth-order valence-corrected chi connectivity index (χ4v) is 2.46. The molecule has 0 bridgehead atoms. The van der Waals surface area contributed by atoms with E-state index in [-0.39, 0.29) is 11.1 Å². The summed E-state index contributed by atoms with van der Waals surface area (Å²) in [5.41, 5.74) is 4.64. The molecule has 1 aliphatic heterocycles. The lowest BCUT2D eigenvalue weighted by atomic mass is 9.94. The molecule has 0 spiro atoms. The number of carbonyl (C=O) groups is 1. The van der Waals surface area contributed by atoms with Crippen molar-refractivity contribution in [2.75, 3.05) is 20.6 Å². The van der Waals surface area contributed by atoms with Crippen LogP contribution < -0.4 is 4.74 Å². The van der Waals surface area contributed by atoms with E-state index in [2.05, 4.69) is 6.58 Å². The van der Waals surface area contributed by atoms with Crippen LogP contribution in [0.2, 0.25) is 0 Å². The van der Waals surface area contributed by atoms with Gasteiger partial charge in [0.2, 0.25) is 0 Å². The predicted molar refractivity (Wildman–Crippen MR) is 103 cm³/mol. The third-order valence-corrected chi connectivity index (χ3v) is 4.21. The second-order valence-corrected chi connectivity index (χ2v) is 6.72. The fourth-order valence-electron chi connectivity index (χ4n) is 2.46. The molecule has 2 aromatic carbocycles. The lowest BCUT2D eigenvalue weighted by molar-refractivity contribution is -0.837. The van der Waals surface area contributed by atoms with Gasteiger partial charge in [0, 0.05) is 5.56 Å². The maximum absolute atomic E-state index is 10.8. The minimum absolute atomic E-state index is 0.00219. The van der Waals surface area contributed by atoms with Crippen molar-refractivity contribution in [2.24, 2.45) is 0 Å². The summed E-state index contributed by atoms with van der Waals surface area (Å²) in [6.07, 6.45) is 0.00219. The minimum atomic E-state index is -0.842. The van der Waals surface area contributed by atoms with Crippen molar-refractivity contribution in [1.82, 2.24) is 0 Å². The van der Waals surface area contributed by atoms with Gasteiger partial charge in [-0.25, -0.2) is 0 Å². The summed E-state index contributed by atoms with van der Waals surface area (Å²) < 4.78 is 5.62. The highest BCUT2D eigenvalue weighted by Crippen LogP contribution is 2.36. The summed E-state index contributed by atoms with van der Waals surface area (Å²) in [5.74, 6) is -0.0918. The summed E-state index contributed by atoms with van der Waals surface area (Å²) >= 11 is 0. The van der Waals surface area contributed by atoms with Gasteiger partial charge in [-0.3, -0.25) is 4.79 Å². The number of benzene rings is 2. The van der Waals surface area contributed by atoms with E-state index in [0.29, 0.717) is 13.2 Å². The smallest absolute Gasteiger partial charge is 0.307 e. The molecule has 1 heterocycles. The third-order valence-electron chi connectivity index (χ3n) is 4.21. The van der Waals surface area contributed by atoms with Crippen molar-refractivity contribution in [3.05, 3.63) is 76.5 Å². The van der Waals surface area contributed by atoms with Crippen molar-refractivity contribution >= 4 is 11.5 Å². The number of hydrogen-bond acceptors (Lipinski definition) is 3. The maximum atomic E-state index is 10.8. The molecule has 26 heavy (non-hydrogen) atoms. The van der Waals surface area contributed by atoms with Gasteiger partial charge in [0.1, 0.15) is 12.4 Å². The molecule has 0 radical (unpaired) electrons. The molecule has 3 rings (SSSR count). The van der Waals surface area contributed by atoms with Crippen molar-refractivity contribution in [1.29, 1.82) is 0 Å². The summed E-state index contributed by atoms with van der Waals surface area (Å²) in [6, 6.07) is 13.4. The van der Waals surface area contributed by atoms with Crippen LogP contribution >= 0.6 is 0 Å². The van der Waals surface area contributed by atoms with Gasteiger partial charge in [0.05, 0.1) is 27.1 Å². The second kappa shape index (κ2) is 8.17. The molecule has 0 aliphatic carbocycles. The molecule has 0 saturated carbocycles. The van der Waals surface area contributed by atoms with Crippen LogP contribution in [0.15, 0.2) is 49.0 Å². The van der Waals surface area contributed by atoms with Gasteiger partial charge in [-0.2, -0.15) is 0 Å². The molecule has 5 heteroatoms. The number of ether oxygens (including phenoxy) is 1. The molecule has 0 amide bonds.